The van der Waals surface area contributed by atoms with Crippen molar-refractivity contribution in [2.45, 2.75) is 62.8 Å². The van der Waals surface area contributed by atoms with Gasteiger partial charge in [-0.1, -0.05) is 0 Å². The number of thiophene rings is 1. The van der Waals surface area contributed by atoms with Crippen LogP contribution in [-0.4, -0.2) is 18.2 Å². The van der Waals surface area contributed by atoms with E-state index in [9.17, 15) is 0 Å². The number of hydrogen-bond acceptors (Lipinski definition) is 3. The van der Waals surface area contributed by atoms with Gasteiger partial charge in [-0.15, -0.1) is 11.3 Å². The second-order valence-corrected chi connectivity index (χ2v) is 6.63. The molecule has 4 rings (SSSR count). The zero-order chi connectivity index (χ0) is 11.2. The van der Waals surface area contributed by atoms with E-state index in [1.807, 2.05) is 11.3 Å². The molecule has 0 saturated carbocycles. The van der Waals surface area contributed by atoms with Gasteiger partial charge in [0.2, 0.25) is 0 Å². The highest BCUT2D eigenvalue weighted by atomic mass is 32.1. The molecule has 3 aliphatic rings. The molecule has 1 aliphatic carbocycles. The van der Waals surface area contributed by atoms with Crippen molar-refractivity contribution in [3.8, 4) is 0 Å². The van der Waals surface area contributed by atoms with Gasteiger partial charge >= 0.3 is 0 Å². The van der Waals surface area contributed by atoms with E-state index in [0.29, 0.717) is 24.3 Å². The van der Waals surface area contributed by atoms with Gasteiger partial charge in [-0.25, -0.2) is 0 Å². The van der Waals surface area contributed by atoms with Crippen LogP contribution in [0.1, 0.15) is 48.6 Å². The second-order valence-electron chi connectivity index (χ2n) is 5.63. The Kier molecular flexibility index (Phi) is 2.53. The Morgan fingerprint density at radius 1 is 1.29 bits per heavy atom. The van der Waals surface area contributed by atoms with E-state index in [2.05, 4.69) is 16.8 Å². The van der Waals surface area contributed by atoms with Gasteiger partial charge in [0.25, 0.3) is 0 Å². The predicted molar refractivity (Wildman–Crippen MR) is 69.4 cm³/mol. The van der Waals surface area contributed by atoms with Gasteiger partial charge in [0.1, 0.15) is 0 Å². The molecule has 3 heteroatoms. The summed E-state index contributed by atoms with van der Waals surface area (Å²) in [6.07, 6.45) is 8.79. The number of fused-ring (bicyclic) bond motifs is 3. The van der Waals surface area contributed by atoms with Crippen molar-refractivity contribution < 1.29 is 4.74 Å². The van der Waals surface area contributed by atoms with Crippen molar-refractivity contribution in [2.24, 2.45) is 0 Å². The maximum absolute atomic E-state index is 5.94. The molecule has 0 spiro atoms. The van der Waals surface area contributed by atoms with Crippen LogP contribution in [0.5, 0.6) is 0 Å². The van der Waals surface area contributed by atoms with Crippen molar-refractivity contribution in [3.05, 3.63) is 21.9 Å². The molecule has 0 radical (unpaired) electrons. The molecule has 4 unspecified atom stereocenters. The molecule has 0 aromatic carbocycles. The highest BCUT2D eigenvalue weighted by Crippen LogP contribution is 2.38. The van der Waals surface area contributed by atoms with Gasteiger partial charge in [-0.3, -0.25) is 0 Å². The molecule has 2 bridgehead atoms. The van der Waals surface area contributed by atoms with Crippen LogP contribution < -0.4 is 5.32 Å². The van der Waals surface area contributed by atoms with Crippen LogP contribution in [0.15, 0.2) is 11.4 Å². The van der Waals surface area contributed by atoms with Crippen LogP contribution >= 0.6 is 11.3 Å². The van der Waals surface area contributed by atoms with Crippen LogP contribution in [0, 0.1) is 0 Å². The lowest BCUT2D eigenvalue weighted by molar-refractivity contribution is 0.0956. The van der Waals surface area contributed by atoms with E-state index in [-0.39, 0.29) is 0 Å². The Morgan fingerprint density at radius 2 is 2.29 bits per heavy atom. The first-order valence-electron chi connectivity index (χ1n) is 6.88. The van der Waals surface area contributed by atoms with E-state index < -0.39 is 0 Å². The minimum atomic E-state index is 0.504. The minimum absolute atomic E-state index is 0.504. The van der Waals surface area contributed by atoms with Crippen molar-refractivity contribution in [3.63, 3.8) is 0 Å². The summed E-state index contributed by atoms with van der Waals surface area (Å²) >= 11 is 1.93. The summed E-state index contributed by atoms with van der Waals surface area (Å²) in [7, 11) is 0. The second kappa shape index (κ2) is 4.08. The normalized spacial score (nSPS) is 39.5. The number of rotatable bonds is 2. The van der Waals surface area contributed by atoms with Gasteiger partial charge < -0.3 is 10.1 Å². The largest absolute Gasteiger partial charge is 0.373 e. The molecule has 2 nitrogen and oxygen atoms in total. The first-order chi connectivity index (χ1) is 8.40. The molecule has 17 heavy (non-hydrogen) atoms. The topological polar surface area (TPSA) is 21.3 Å². The van der Waals surface area contributed by atoms with Crippen LogP contribution in [0.3, 0.4) is 0 Å². The number of hydrogen-bond donors (Lipinski definition) is 1. The first kappa shape index (κ1) is 10.5. The molecule has 0 amide bonds. The molecule has 2 saturated heterocycles. The van der Waals surface area contributed by atoms with Crippen LogP contribution in [0.25, 0.3) is 0 Å². The van der Waals surface area contributed by atoms with Crippen molar-refractivity contribution in [1.82, 2.24) is 5.32 Å². The molecule has 4 atom stereocenters. The summed E-state index contributed by atoms with van der Waals surface area (Å²) in [6, 6.07) is 3.53. The third-order valence-corrected chi connectivity index (χ3v) is 5.57. The van der Waals surface area contributed by atoms with Gasteiger partial charge in [0.15, 0.2) is 0 Å². The van der Waals surface area contributed by atoms with E-state index >= 15 is 0 Å². The molecule has 2 aliphatic heterocycles. The molecule has 1 aromatic heterocycles. The van der Waals surface area contributed by atoms with E-state index in [1.54, 1.807) is 10.4 Å². The molecule has 1 N–H and O–H groups in total. The Hall–Kier alpha value is -0.380. The zero-order valence-electron chi connectivity index (χ0n) is 10.0. The fraction of sp³-hybridized carbons (Fsp3) is 0.714. The highest BCUT2D eigenvalue weighted by Gasteiger charge is 2.41. The highest BCUT2D eigenvalue weighted by molar-refractivity contribution is 7.10. The molecular formula is C14H19NOS. The van der Waals surface area contributed by atoms with Crippen molar-refractivity contribution in [1.29, 1.82) is 0 Å². The maximum atomic E-state index is 5.94. The summed E-state index contributed by atoms with van der Waals surface area (Å²) in [6.45, 7) is 0. The SMILES string of the molecule is c1cc2c(s1)CCCC2NC1CC2CCC1O2. The van der Waals surface area contributed by atoms with Gasteiger partial charge in [-0.05, 0) is 55.5 Å². The molecule has 1 aromatic rings. The van der Waals surface area contributed by atoms with Gasteiger partial charge in [0.05, 0.1) is 12.2 Å². The number of nitrogens with one attached hydrogen (secondary N) is 1. The fourth-order valence-corrected chi connectivity index (χ4v) is 4.72. The number of ether oxygens (including phenoxy) is 1. The third-order valence-electron chi connectivity index (χ3n) is 4.57. The van der Waals surface area contributed by atoms with Crippen molar-refractivity contribution >= 4 is 11.3 Å². The smallest absolute Gasteiger partial charge is 0.0733 e. The van der Waals surface area contributed by atoms with Crippen LogP contribution in [0.2, 0.25) is 0 Å². The minimum Gasteiger partial charge on any atom is -0.373 e. The van der Waals surface area contributed by atoms with Gasteiger partial charge in [-0.2, -0.15) is 0 Å². The Morgan fingerprint density at radius 3 is 3.12 bits per heavy atom. The molecule has 92 valence electrons. The summed E-state index contributed by atoms with van der Waals surface area (Å²) in [5.74, 6) is 0. The predicted octanol–water partition coefficient (Wildman–Crippen LogP) is 3.04. The van der Waals surface area contributed by atoms with Crippen LogP contribution in [0.4, 0.5) is 0 Å². The molecule has 3 heterocycles. The average Bonchev–Trinajstić information content (AvgIpc) is 3.04. The zero-order valence-corrected chi connectivity index (χ0v) is 10.8. The van der Waals surface area contributed by atoms with Crippen molar-refractivity contribution in [2.75, 3.05) is 0 Å². The lowest BCUT2D eigenvalue weighted by Crippen LogP contribution is -2.40. The van der Waals surface area contributed by atoms with Crippen LogP contribution in [-0.2, 0) is 11.2 Å². The average molecular weight is 249 g/mol. The van der Waals surface area contributed by atoms with E-state index in [4.69, 9.17) is 4.74 Å². The summed E-state index contributed by atoms with van der Waals surface area (Å²) in [5, 5.41) is 6.13. The Balaban J connectivity index is 1.50. The number of aryl methyl sites for hydroxylation is 1. The quantitative estimate of drug-likeness (QED) is 0.870. The fourth-order valence-electron chi connectivity index (χ4n) is 3.73. The lowest BCUT2D eigenvalue weighted by Gasteiger charge is -2.29. The van der Waals surface area contributed by atoms with Gasteiger partial charge in [0, 0.05) is 17.0 Å². The molecular weight excluding hydrogens is 230 g/mol. The monoisotopic (exact) mass is 249 g/mol. The first-order valence-corrected chi connectivity index (χ1v) is 7.76. The Labute approximate surface area is 106 Å². The summed E-state index contributed by atoms with van der Waals surface area (Å²) in [4.78, 5) is 1.61. The summed E-state index contributed by atoms with van der Waals surface area (Å²) < 4.78 is 5.94. The summed E-state index contributed by atoms with van der Waals surface area (Å²) in [5.41, 5.74) is 1.57. The van der Waals surface area contributed by atoms with E-state index in [0.717, 1.165) is 0 Å². The lowest BCUT2D eigenvalue weighted by atomic mass is 9.90. The van der Waals surface area contributed by atoms with E-state index in [1.165, 1.54) is 38.5 Å². The maximum Gasteiger partial charge on any atom is 0.0733 e. The molecule has 2 fully saturated rings. The standard InChI is InChI=1S/C14H19NOS/c1-2-11(10-6-7-17-14(10)3-1)15-12-8-9-4-5-13(12)16-9/h6-7,9,11-13,15H,1-5,8H2. The Bertz CT molecular complexity index is 416. The third kappa shape index (κ3) is 1.76.